The summed E-state index contributed by atoms with van der Waals surface area (Å²) in [6.07, 6.45) is 6.49. The van der Waals surface area contributed by atoms with Crippen molar-refractivity contribution in [2.75, 3.05) is 13.8 Å². The van der Waals surface area contributed by atoms with Gasteiger partial charge in [-0.15, -0.1) is 0 Å². The van der Waals surface area contributed by atoms with Gasteiger partial charge >= 0.3 is 0 Å². The molecule has 0 amide bonds. The van der Waals surface area contributed by atoms with Crippen molar-refractivity contribution in [2.45, 2.75) is 37.7 Å². The molecule has 0 spiro atoms. The Balaban J connectivity index is 2.30. The lowest BCUT2D eigenvalue weighted by Crippen LogP contribution is -2.33. The van der Waals surface area contributed by atoms with Crippen LogP contribution in [0.5, 0.6) is 5.75 Å². The first-order valence-corrected chi connectivity index (χ1v) is 7.11. The molecule has 0 heterocycles. The molecule has 110 valence electrons. The second-order valence-electron chi connectivity index (χ2n) is 5.24. The molecule has 1 fully saturated rings. The number of methoxy groups -OCH3 is 1. The summed E-state index contributed by atoms with van der Waals surface area (Å²) in [5.41, 5.74) is 0.986. The van der Waals surface area contributed by atoms with Gasteiger partial charge in [-0.05, 0) is 30.5 Å². The van der Waals surface area contributed by atoms with E-state index in [9.17, 15) is 5.11 Å². The van der Waals surface area contributed by atoms with E-state index < -0.39 is 5.60 Å². The second-order valence-corrected chi connectivity index (χ2v) is 5.24. The first-order valence-electron chi connectivity index (χ1n) is 7.11. The van der Waals surface area contributed by atoms with Gasteiger partial charge in [0, 0.05) is 11.8 Å². The Morgan fingerprint density at radius 1 is 1.25 bits per heavy atom. The minimum Gasteiger partial charge on any atom is -0.497 e. The van der Waals surface area contributed by atoms with E-state index in [-0.39, 0.29) is 6.73 Å². The van der Waals surface area contributed by atoms with E-state index in [0.717, 1.165) is 42.6 Å². The van der Waals surface area contributed by atoms with Gasteiger partial charge in [0.2, 0.25) is 0 Å². The van der Waals surface area contributed by atoms with E-state index in [2.05, 4.69) is 5.32 Å². The van der Waals surface area contributed by atoms with Gasteiger partial charge in [0.05, 0.1) is 12.7 Å². The Morgan fingerprint density at radius 2 is 1.90 bits per heavy atom. The fourth-order valence-electron chi connectivity index (χ4n) is 2.81. The van der Waals surface area contributed by atoms with Crippen molar-refractivity contribution in [1.82, 2.24) is 5.32 Å². The first-order chi connectivity index (χ1) is 9.69. The number of aliphatic hydroxyl groups excluding tert-OH is 1. The van der Waals surface area contributed by atoms with Crippen LogP contribution in [0.15, 0.2) is 30.5 Å². The van der Waals surface area contributed by atoms with Crippen molar-refractivity contribution in [2.24, 2.45) is 0 Å². The molecule has 4 heteroatoms. The van der Waals surface area contributed by atoms with Gasteiger partial charge in [-0.3, -0.25) is 0 Å². The van der Waals surface area contributed by atoms with Crippen LogP contribution in [-0.2, 0) is 0 Å². The summed E-state index contributed by atoms with van der Waals surface area (Å²) in [5, 5.41) is 22.7. The summed E-state index contributed by atoms with van der Waals surface area (Å²) in [4.78, 5) is 0. The molecule has 3 N–H and O–H groups in total. The number of benzene rings is 1. The number of aliphatic hydroxyl groups is 2. The number of ether oxygens (including phenoxy) is 1. The van der Waals surface area contributed by atoms with Gasteiger partial charge < -0.3 is 20.3 Å². The van der Waals surface area contributed by atoms with Crippen LogP contribution >= 0.6 is 0 Å². The molecule has 1 aromatic rings. The lowest BCUT2D eigenvalue weighted by molar-refractivity contribution is 0.0609. The lowest BCUT2D eigenvalue weighted by Gasteiger charge is -2.34. The molecule has 0 aromatic heterocycles. The van der Waals surface area contributed by atoms with Crippen LogP contribution in [0.25, 0.3) is 5.57 Å². The van der Waals surface area contributed by atoms with Gasteiger partial charge in [-0.1, -0.05) is 31.4 Å². The maximum Gasteiger partial charge on any atom is 0.118 e. The fourth-order valence-corrected chi connectivity index (χ4v) is 2.81. The Bertz CT molecular complexity index is 447. The van der Waals surface area contributed by atoms with E-state index in [1.807, 2.05) is 24.3 Å². The molecule has 1 saturated carbocycles. The van der Waals surface area contributed by atoms with Gasteiger partial charge in [0.15, 0.2) is 0 Å². The zero-order chi connectivity index (χ0) is 14.4. The lowest BCUT2D eigenvalue weighted by atomic mass is 9.77. The molecule has 0 atom stereocenters. The molecule has 4 nitrogen and oxygen atoms in total. The molecular formula is C16H23NO3. The van der Waals surface area contributed by atoms with Gasteiger partial charge in [0.1, 0.15) is 12.5 Å². The van der Waals surface area contributed by atoms with Crippen molar-refractivity contribution in [1.29, 1.82) is 0 Å². The maximum atomic E-state index is 10.9. The van der Waals surface area contributed by atoms with Crippen LogP contribution in [-0.4, -0.2) is 29.7 Å². The molecule has 1 aliphatic carbocycles. The summed E-state index contributed by atoms with van der Waals surface area (Å²) in [5.74, 6) is 0.791. The third-order valence-electron chi connectivity index (χ3n) is 3.92. The quantitative estimate of drug-likeness (QED) is 0.723. The summed E-state index contributed by atoms with van der Waals surface area (Å²) < 4.78 is 5.16. The number of hydrogen-bond acceptors (Lipinski definition) is 4. The van der Waals surface area contributed by atoms with Crippen LogP contribution in [0.1, 0.15) is 37.7 Å². The third-order valence-corrected chi connectivity index (χ3v) is 3.92. The SMILES string of the molecule is COc1ccc(/C(=C\NCO)C2(O)CCCCC2)cc1. The molecular weight excluding hydrogens is 254 g/mol. The van der Waals surface area contributed by atoms with Crippen LogP contribution in [0.2, 0.25) is 0 Å². The van der Waals surface area contributed by atoms with E-state index in [4.69, 9.17) is 9.84 Å². The topological polar surface area (TPSA) is 61.7 Å². The largest absolute Gasteiger partial charge is 0.497 e. The molecule has 0 saturated heterocycles. The minimum absolute atomic E-state index is 0.143. The predicted octanol–water partition coefficient (Wildman–Crippen LogP) is 2.27. The van der Waals surface area contributed by atoms with Crippen molar-refractivity contribution in [3.8, 4) is 5.75 Å². The van der Waals surface area contributed by atoms with Crippen molar-refractivity contribution < 1.29 is 14.9 Å². The minimum atomic E-state index is -0.811. The normalized spacial score (nSPS) is 18.6. The number of nitrogens with one attached hydrogen (secondary N) is 1. The van der Waals surface area contributed by atoms with Gasteiger partial charge in [-0.2, -0.15) is 0 Å². The number of rotatable bonds is 5. The zero-order valence-corrected chi connectivity index (χ0v) is 11.9. The highest BCUT2D eigenvalue weighted by molar-refractivity contribution is 5.72. The van der Waals surface area contributed by atoms with Gasteiger partial charge in [0.25, 0.3) is 0 Å². The van der Waals surface area contributed by atoms with Crippen LogP contribution < -0.4 is 10.1 Å². The Kier molecular flexibility index (Phi) is 5.04. The molecule has 20 heavy (non-hydrogen) atoms. The predicted molar refractivity (Wildman–Crippen MR) is 79.2 cm³/mol. The zero-order valence-electron chi connectivity index (χ0n) is 11.9. The van der Waals surface area contributed by atoms with E-state index in [1.165, 1.54) is 6.42 Å². The van der Waals surface area contributed by atoms with E-state index in [1.54, 1.807) is 13.3 Å². The summed E-state index contributed by atoms with van der Waals surface area (Å²) in [6.45, 7) is -0.143. The summed E-state index contributed by atoms with van der Waals surface area (Å²) in [7, 11) is 1.63. The van der Waals surface area contributed by atoms with Gasteiger partial charge in [-0.25, -0.2) is 0 Å². The third kappa shape index (κ3) is 3.32. The highest BCUT2D eigenvalue weighted by Gasteiger charge is 2.34. The van der Waals surface area contributed by atoms with Crippen molar-refractivity contribution in [3.63, 3.8) is 0 Å². The molecule has 1 aliphatic rings. The molecule has 0 radical (unpaired) electrons. The van der Waals surface area contributed by atoms with Crippen LogP contribution in [0.4, 0.5) is 0 Å². The molecule has 2 rings (SSSR count). The standard InChI is InChI=1S/C16H23NO3/c1-20-14-7-5-13(6-8-14)15(11-17-12-18)16(19)9-3-2-4-10-16/h5-8,11,17-19H,2-4,9-10,12H2,1H3/b15-11+. The average Bonchev–Trinajstić information content (AvgIpc) is 2.49. The highest BCUT2D eigenvalue weighted by atomic mass is 16.5. The smallest absolute Gasteiger partial charge is 0.118 e. The Labute approximate surface area is 120 Å². The van der Waals surface area contributed by atoms with Crippen molar-refractivity contribution in [3.05, 3.63) is 36.0 Å². The summed E-state index contributed by atoms with van der Waals surface area (Å²) in [6, 6.07) is 7.65. The maximum absolute atomic E-state index is 10.9. The first kappa shape index (κ1) is 14.9. The van der Waals surface area contributed by atoms with Crippen LogP contribution in [0, 0.1) is 0 Å². The molecule has 0 bridgehead atoms. The second kappa shape index (κ2) is 6.77. The highest BCUT2D eigenvalue weighted by Crippen LogP contribution is 2.39. The molecule has 0 aliphatic heterocycles. The monoisotopic (exact) mass is 277 g/mol. The van der Waals surface area contributed by atoms with E-state index in [0.29, 0.717) is 0 Å². The van der Waals surface area contributed by atoms with Crippen LogP contribution in [0.3, 0.4) is 0 Å². The Morgan fingerprint density at radius 3 is 2.45 bits per heavy atom. The molecule has 1 aromatic carbocycles. The number of hydrogen-bond donors (Lipinski definition) is 3. The Hall–Kier alpha value is -1.52. The average molecular weight is 277 g/mol. The van der Waals surface area contributed by atoms with Crippen molar-refractivity contribution >= 4 is 5.57 Å². The fraction of sp³-hybridized carbons (Fsp3) is 0.500. The molecule has 0 unspecified atom stereocenters. The van der Waals surface area contributed by atoms with E-state index >= 15 is 0 Å². The summed E-state index contributed by atoms with van der Waals surface area (Å²) >= 11 is 0.